The van der Waals surface area contributed by atoms with Crippen molar-refractivity contribution in [3.63, 3.8) is 0 Å². The molecule has 1 heterocycles. The second-order valence-corrected chi connectivity index (χ2v) is 6.25. The molecule has 4 nitrogen and oxygen atoms in total. The molecule has 0 aliphatic heterocycles. The number of nitrogens with zero attached hydrogens (tertiary/aromatic N) is 1. The monoisotopic (exact) mass is 331 g/mol. The van der Waals surface area contributed by atoms with Crippen LogP contribution in [0.15, 0.2) is 46.8 Å². The van der Waals surface area contributed by atoms with Crippen LogP contribution in [-0.4, -0.2) is 26.2 Å². The highest BCUT2D eigenvalue weighted by atomic mass is 32.1. The molecule has 0 radical (unpaired) electrons. The van der Waals surface area contributed by atoms with E-state index in [2.05, 4.69) is 34.0 Å². The molecule has 2 N–H and O–H groups in total. The van der Waals surface area contributed by atoms with E-state index in [9.17, 15) is 0 Å². The smallest absolute Gasteiger partial charge is 0.191 e. The molecule has 0 amide bonds. The van der Waals surface area contributed by atoms with Gasteiger partial charge in [-0.05, 0) is 48.9 Å². The fourth-order valence-corrected chi connectivity index (χ4v) is 2.96. The zero-order chi connectivity index (χ0) is 16.3. The van der Waals surface area contributed by atoms with E-state index in [1.807, 2.05) is 30.3 Å². The van der Waals surface area contributed by atoms with E-state index < -0.39 is 0 Å². The number of hydrogen-bond acceptors (Lipinski definition) is 3. The van der Waals surface area contributed by atoms with E-state index in [1.165, 1.54) is 10.4 Å². The lowest BCUT2D eigenvalue weighted by Crippen LogP contribution is -2.37. The number of aliphatic imine (C=N–C) groups is 1. The molecule has 2 rings (SSSR count). The topological polar surface area (TPSA) is 45.7 Å². The Morgan fingerprint density at radius 1 is 1.13 bits per heavy atom. The molecular formula is C18H25N3OS. The summed E-state index contributed by atoms with van der Waals surface area (Å²) in [6.45, 7) is 4.59. The van der Waals surface area contributed by atoms with E-state index in [-0.39, 0.29) is 0 Å². The number of guanidine groups is 1. The minimum absolute atomic E-state index is 0.742. The van der Waals surface area contributed by atoms with Gasteiger partial charge in [0, 0.05) is 18.5 Å². The van der Waals surface area contributed by atoms with E-state index >= 15 is 0 Å². The largest absolute Gasteiger partial charge is 0.494 e. The maximum absolute atomic E-state index is 5.68. The maximum Gasteiger partial charge on any atom is 0.191 e. The van der Waals surface area contributed by atoms with Gasteiger partial charge >= 0.3 is 0 Å². The first kappa shape index (κ1) is 17.3. The number of benzene rings is 1. The molecule has 5 heteroatoms. The first-order valence-electron chi connectivity index (χ1n) is 7.95. The molecule has 0 saturated carbocycles. The van der Waals surface area contributed by atoms with Gasteiger partial charge in [-0.3, -0.25) is 4.99 Å². The van der Waals surface area contributed by atoms with E-state index in [0.717, 1.165) is 44.2 Å². The number of unbranched alkanes of at least 4 members (excludes halogenated alkanes) is 1. The van der Waals surface area contributed by atoms with E-state index in [0.29, 0.717) is 0 Å². The van der Waals surface area contributed by atoms with Crippen molar-refractivity contribution in [1.29, 1.82) is 0 Å². The summed E-state index contributed by atoms with van der Waals surface area (Å²) in [6.07, 6.45) is 2.06. The Morgan fingerprint density at radius 3 is 2.65 bits per heavy atom. The molecule has 0 saturated heterocycles. The van der Waals surface area contributed by atoms with E-state index in [4.69, 9.17) is 4.74 Å². The second kappa shape index (κ2) is 9.90. The van der Waals surface area contributed by atoms with Crippen LogP contribution < -0.4 is 15.4 Å². The van der Waals surface area contributed by atoms with Gasteiger partial charge in [-0.15, -0.1) is 11.3 Å². The van der Waals surface area contributed by atoms with Crippen LogP contribution >= 0.6 is 11.3 Å². The summed E-state index contributed by atoms with van der Waals surface area (Å²) in [5.41, 5.74) is 1.33. The SMILES string of the molecule is CN=C(NCCCCOc1ccccc1)NCc1sccc1C. The third-order valence-corrected chi connectivity index (χ3v) is 4.51. The summed E-state index contributed by atoms with van der Waals surface area (Å²) in [7, 11) is 1.80. The summed E-state index contributed by atoms with van der Waals surface area (Å²) in [5.74, 6) is 1.78. The van der Waals surface area contributed by atoms with Gasteiger partial charge < -0.3 is 15.4 Å². The normalized spacial score (nSPS) is 11.3. The van der Waals surface area contributed by atoms with Crippen molar-refractivity contribution in [3.8, 4) is 5.75 Å². The summed E-state index contributed by atoms with van der Waals surface area (Å²) in [5, 5.41) is 8.81. The van der Waals surface area contributed by atoms with Crippen LogP contribution in [0.3, 0.4) is 0 Å². The van der Waals surface area contributed by atoms with Gasteiger partial charge in [-0.1, -0.05) is 18.2 Å². The van der Waals surface area contributed by atoms with Crippen LogP contribution in [0, 0.1) is 6.92 Å². The molecule has 1 aromatic heterocycles. The number of thiophene rings is 1. The molecular weight excluding hydrogens is 306 g/mol. The highest BCUT2D eigenvalue weighted by Gasteiger charge is 2.01. The van der Waals surface area contributed by atoms with Crippen LogP contribution in [-0.2, 0) is 6.54 Å². The molecule has 0 fully saturated rings. The van der Waals surface area contributed by atoms with Crippen molar-refractivity contribution in [2.24, 2.45) is 4.99 Å². The lowest BCUT2D eigenvalue weighted by molar-refractivity contribution is 0.307. The van der Waals surface area contributed by atoms with Crippen LogP contribution in [0.5, 0.6) is 5.75 Å². The van der Waals surface area contributed by atoms with Gasteiger partial charge in [0.15, 0.2) is 5.96 Å². The Balaban J connectivity index is 1.56. The Hall–Kier alpha value is -2.01. The quantitative estimate of drug-likeness (QED) is 0.441. The number of hydrogen-bond donors (Lipinski definition) is 2. The number of aryl methyl sites for hydroxylation is 1. The zero-order valence-corrected chi connectivity index (χ0v) is 14.7. The highest BCUT2D eigenvalue weighted by Crippen LogP contribution is 2.14. The third kappa shape index (κ3) is 6.32. The fraction of sp³-hybridized carbons (Fsp3) is 0.389. The van der Waals surface area contributed by atoms with Crippen molar-refractivity contribution in [2.75, 3.05) is 20.2 Å². The van der Waals surface area contributed by atoms with Gasteiger partial charge in [0.2, 0.25) is 0 Å². The predicted octanol–water partition coefficient (Wildman–Crippen LogP) is 3.58. The molecule has 0 bridgehead atoms. The van der Waals surface area contributed by atoms with Crippen molar-refractivity contribution in [2.45, 2.75) is 26.3 Å². The van der Waals surface area contributed by atoms with Gasteiger partial charge in [-0.2, -0.15) is 0 Å². The van der Waals surface area contributed by atoms with Gasteiger partial charge in [-0.25, -0.2) is 0 Å². The first-order chi connectivity index (χ1) is 11.3. The van der Waals surface area contributed by atoms with Gasteiger partial charge in [0.1, 0.15) is 5.75 Å². The zero-order valence-electron chi connectivity index (χ0n) is 13.8. The molecule has 2 aromatic rings. The lowest BCUT2D eigenvalue weighted by Gasteiger charge is -2.12. The molecule has 124 valence electrons. The molecule has 0 aliphatic rings. The van der Waals surface area contributed by atoms with Crippen molar-refractivity contribution < 1.29 is 4.74 Å². The van der Waals surface area contributed by atoms with Gasteiger partial charge in [0.25, 0.3) is 0 Å². The predicted molar refractivity (Wildman–Crippen MR) is 98.4 cm³/mol. The Morgan fingerprint density at radius 2 is 1.96 bits per heavy atom. The molecule has 0 atom stereocenters. The summed E-state index contributed by atoms with van der Waals surface area (Å²) in [6, 6.07) is 12.1. The Bertz CT molecular complexity index is 595. The highest BCUT2D eigenvalue weighted by molar-refractivity contribution is 7.10. The minimum atomic E-state index is 0.742. The minimum Gasteiger partial charge on any atom is -0.494 e. The van der Waals surface area contributed by atoms with Crippen LogP contribution in [0.25, 0.3) is 0 Å². The number of para-hydroxylation sites is 1. The van der Waals surface area contributed by atoms with E-state index in [1.54, 1.807) is 18.4 Å². The number of nitrogens with one attached hydrogen (secondary N) is 2. The average molecular weight is 331 g/mol. The number of rotatable bonds is 8. The van der Waals surface area contributed by atoms with Gasteiger partial charge in [0.05, 0.1) is 13.2 Å². The summed E-state index contributed by atoms with van der Waals surface area (Å²) < 4.78 is 5.68. The van der Waals surface area contributed by atoms with Crippen LogP contribution in [0.4, 0.5) is 0 Å². The maximum atomic E-state index is 5.68. The van der Waals surface area contributed by atoms with Crippen molar-refractivity contribution >= 4 is 17.3 Å². The van der Waals surface area contributed by atoms with Crippen molar-refractivity contribution in [3.05, 3.63) is 52.2 Å². The molecule has 1 aromatic carbocycles. The second-order valence-electron chi connectivity index (χ2n) is 5.25. The molecule has 0 spiro atoms. The number of ether oxygens (including phenoxy) is 1. The summed E-state index contributed by atoms with van der Waals surface area (Å²) >= 11 is 1.77. The third-order valence-electron chi connectivity index (χ3n) is 3.48. The molecule has 23 heavy (non-hydrogen) atoms. The molecule has 0 aliphatic carbocycles. The first-order valence-corrected chi connectivity index (χ1v) is 8.83. The molecule has 0 unspecified atom stereocenters. The van der Waals surface area contributed by atoms with Crippen molar-refractivity contribution in [1.82, 2.24) is 10.6 Å². The Kier molecular flexibility index (Phi) is 7.46. The van der Waals surface area contributed by atoms with Crippen LogP contribution in [0.1, 0.15) is 23.3 Å². The standard InChI is InChI=1S/C18H25N3OS/c1-15-10-13-23-17(15)14-21-18(19-2)20-11-6-7-12-22-16-8-4-3-5-9-16/h3-5,8-10,13H,6-7,11-12,14H2,1-2H3,(H2,19,20,21). The summed E-state index contributed by atoms with van der Waals surface area (Å²) in [4.78, 5) is 5.60. The van der Waals surface area contributed by atoms with Crippen LogP contribution in [0.2, 0.25) is 0 Å². The fourth-order valence-electron chi connectivity index (χ4n) is 2.11. The Labute approximate surface area is 142 Å². The average Bonchev–Trinajstić information content (AvgIpc) is 2.99. The lowest BCUT2D eigenvalue weighted by atomic mass is 10.3.